The van der Waals surface area contributed by atoms with E-state index < -0.39 is 24.6 Å². The maximum Gasteiger partial charge on any atom is 0.416 e. The van der Waals surface area contributed by atoms with Crippen LogP contribution in [0.15, 0.2) is 48.5 Å². The minimum Gasteiger partial charge on any atom is -0.382 e. The Labute approximate surface area is 132 Å². The molecule has 0 bridgehead atoms. The molecule has 0 spiro atoms. The zero-order valence-electron chi connectivity index (χ0n) is 12.5. The van der Waals surface area contributed by atoms with Crippen LogP contribution in [-0.4, -0.2) is 23.9 Å². The highest BCUT2D eigenvalue weighted by atomic mass is 19.4. The van der Waals surface area contributed by atoms with E-state index in [2.05, 4.69) is 0 Å². The third-order valence-corrected chi connectivity index (χ3v) is 3.40. The van der Waals surface area contributed by atoms with Gasteiger partial charge in [-0.25, -0.2) is 4.39 Å². The molecule has 2 aromatic rings. The van der Waals surface area contributed by atoms with Crippen molar-refractivity contribution in [2.75, 3.05) is 11.4 Å². The van der Waals surface area contributed by atoms with E-state index in [1.54, 1.807) is 12.1 Å². The van der Waals surface area contributed by atoms with Gasteiger partial charge in [0, 0.05) is 12.2 Å². The van der Waals surface area contributed by atoms with Crippen molar-refractivity contribution < 1.29 is 22.7 Å². The molecule has 0 aromatic heterocycles. The van der Waals surface area contributed by atoms with Crippen LogP contribution in [0.5, 0.6) is 0 Å². The van der Waals surface area contributed by atoms with Gasteiger partial charge in [-0.15, -0.1) is 0 Å². The van der Waals surface area contributed by atoms with Crippen molar-refractivity contribution in [3.63, 3.8) is 0 Å². The van der Waals surface area contributed by atoms with E-state index in [9.17, 15) is 22.7 Å². The van der Waals surface area contributed by atoms with Crippen LogP contribution in [0.25, 0.3) is 0 Å². The first-order chi connectivity index (χ1) is 10.8. The fraction of sp³-hybridized carbons (Fsp3) is 0.294. The SMILES string of the molecule is Cc1cccc(CN(C[C@H](O)C(F)(F)F)c2cccc(F)c2)c1. The molecule has 0 aliphatic rings. The van der Waals surface area contributed by atoms with E-state index in [1.165, 1.54) is 23.1 Å². The van der Waals surface area contributed by atoms with Gasteiger partial charge < -0.3 is 10.0 Å². The first kappa shape index (κ1) is 17.3. The van der Waals surface area contributed by atoms with Crippen LogP contribution >= 0.6 is 0 Å². The molecule has 2 rings (SSSR count). The molecule has 6 heteroatoms. The number of aliphatic hydroxyl groups is 1. The molecule has 23 heavy (non-hydrogen) atoms. The second-order valence-corrected chi connectivity index (χ2v) is 5.41. The van der Waals surface area contributed by atoms with Crippen molar-refractivity contribution in [1.82, 2.24) is 0 Å². The van der Waals surface area contributed by atoms with Crippen LogP contribution < -0.4 is 4.90 Å². The molecule has 2 nitrogen and oxygen atoms in total. The quantitative estimate of drug-likeness (QED) is 0.837. The Hall–Kier alpha value is -2.08. The molecule has 0 unspecified atom stereocenters. The topological polar surface area (TPSA) is 23.5 Å². The summed E-state index contributed by atoms with van der Waals surface area (Å²) in [6.07, 6.45) is -7.23. The third kappa shape index (κ3) is 4.96. The summed E-state index contributed by atoms with van der Waals surface area (Å²) in [6, 6.07) is 12.6. The van der Waals surface area contributed by atoms with Crippen molar-refractivity contribution in [1.29, 1.82) is 0 Å². The maximum atomic E-state index is 13.4. The summed E-state index contributed by atoms with van der Waals surface area (Å²) in [6.45, 7) is 1.35. The zero-order chi connectivity index (χ0) is 17.0. The molecule has 0 aliphatic heterocycles. The van der Waals surface area contributed by atoms with Crippen molar-refractivity contribution in [2.24, 2.45) is 0 Å². The number of hydrogen-bond acceptors (Lipinski definition) is 2. The Morgan fingerprint density at radius 2 is 1.78 bits per heavy atom. The van der Waals surface area contributed by atoms with Crippen LogP contribution in [0.2, 0.25) is 0 Å². The lowest BCUT2D eigenvalue weighted by molar-refractivity contribution is -0.200. The normalized spacial score (nSPS) is 13.0. The van der Waals surface area contributed by atoms with Gasteiger partial charge in [0.05, 0.1) is 6.54 Å². The van der Waals surface area contributed by atoms with Crippen LogP contribution in [0.3, 0.4) is 0 Å². The summed E-state index contributed by atoms with van der Waals surface area (Å²) in [5, 5.41) is 9.36. The van der Waals surface area contributed by atoms with Crippen LogP contribution in [-0.2, 0) is 6.54 Å². The van der Waals surface area contributed by atoms with E-state index in [0.29, 0.717) is 0 Å². The van der Waals surface area contributed by atoms with Crippen LogP contribution in [0.4, 0.5) is 23.2 Å². The lowest BCUT2D eigenvalue weighted by atomic mass is 10.1. The van der Waals surface area contributed by atoms with E-state index >= 15 is 0 Å². The third-order valence-electron chi connectivity index (χ3n) is 3.40. The summed E-state index contributed by atoms with van der Waals surface area (Å²) in [4.78, 5) is 1.32. The van der Waals surface area contributed by atoms with Gasteiger partial charge in [-0.05, 0) is 30.7 Å². The molecule has 0 saturated carbocycles. The lowest BCUT2D eigenvalue weighted by Crippen LogP contribution is -2.40. The van der Waals surface area contributed by atoms with Crippen molar-refractivity contribution in [2.45, 2.75) is 25.7 Å². The molecule has 0 amide bonds. The molecule has 0 heterocycles. The number of anilines is 1. The van der Waals surface area contributed by atoms with Crippen molar-refractivity contribution in [3.05, 3.63) is 65.5 Å². The molecule has 0 fully saturated rings. The number of halogens is 4. The molecular formula is C17H17F4NO. The first-order valence-electron chi connectivity index (χ1n) is 7.06. The van der Waals surface area contributed by atoms with Gasteiger partial charge in [0.15, 0.2) is 6.10 Å². The highest BCUT2D eigenvalue weighted by Gasteiger charge is 2.39. The minimum atomic E-state index is -4.72. The summed E-state index contributed by atoms with van der Waals surface area (Å²) in [5.74, 6) is -0.543. The van der Waals surface area contributed by atoms with Gasteiger partial charge in [-0.1, -0.05) is 35.9 Å². The Kier molecular flexibility index (Phi) is 5.26. The lowest BCUT2D eigenvalue weighted by Gasteiger charge is -2.28. The van der Waals surface area contributed by atoms with Gasteiger partial charge >= 0.3 is 6.18 Å². The van der Waals surface area contributed by atoms with E-state index in [1.807, 2.05) is 19.1 Å². The molecule has 0 aliphatic carbocycles. The zero-order valence-corrected chi connectivity index (χ0v) is 12.5. The number of aryl methyl sites for hydroxylation is 1. The number of hydrogen-bond donors (Lipinski definition) is 1. The van der Waals surface area contributed by atoms with E-state index in [-0.39, 0.29) is 12.2 Å². The number of alkyl halides is 3. The molecule has 0 radical (unpaired) electrons. The van der Waals surface area contributed by atoms with E-state index in [4.69, 9.17) is 0 Å². The number of aliphatic hydroxyl groups excluding tert-OH is 1. The highest BCUT2D eigenvalue weighted by Crippen LogP contribution is 2.25. The fourth-order valence-corrected chi connectivity index (χ4v) is 2.28. The largest absolute Gasteiger partial charge is 0.416 e. The number of nitrogens with zero attached hydrogens (tertiary/aromatic N) is 1. The maximum absolute atomic E-state index is 13.4. The Morgan fingerprint density at radius 3 is 2.39 bits per heavy atom. The predicted molar refractivity (Wildman–Crippen MR) is 80.7 cm³/mol. The average molecular weight is 327 g/mol. The molecule has 2 aromatic carbocycles. The van der Waals surface area contributed by atoms with Crippen LogP contribution in [0.1, 0.15) is 11.1 Å². The summed E-state index contributed by atoms with van der Waals surface area (Å²) < 4.78 is 51.4. The molecule has 0 saturated heterocycles. The van der Waals surface area contributed by atoms with Crippen molar-refractivity contribution in [3.8, 4) is 0 Å². The number of benzene rings is 2. The molecule has 1 N–H and O–H groups in total. The smallest absolute Gasteiger partial charge is 0.382 e. The molecule has 124 valence electrons. The minimum absolute atomic E-state index is 0.137. The van der Waals surface area contributed by atoms with E-state index in [0.717, 1.165) is 17.2 Å². The second kappa shape index (κ2) is 7.00. The summed E-state index contributed by atoms with van der Waals surface area (Å²) in [5.41, 5.74) is 2.04. The Bertz CT molecular complexity index is 657. The molecular weight excluding hydrogens is 310 g/mol. The Balaban J connectivity index is 2.27. The standard InChI is InChI=1S/C17H17F4NO/c1-12-4-2-5-13(8-12)10-22(11-16(23)17(19,20)21)15-7-3-6-14(18)9-15/h2-9,16,23H,10-11H2,1H3/t16-/m0/s1. The monoisotopic (exact) mass is 327 g/mol. The van der Waals surface area contributed by atoms with Gasteiger partial charge in [-0.3, -0.25) is 0 Å². The van der Waals surface area contributed by atoms with Crippen LogP contribution in [0, 0.1) is 12.7 Å². The fourth-order valence-electron chi connectivity index (χ4n) is 2.28. The summed E-state index contributed by atoms with van der Waals surface area (Å²) in [7, 11) is 0. The Morgan fingerprint density at radius 1 is 1.09 bits per heavy atom. The van der Waals surface area contributed by atoms with Gasteiger partial charge in [-0.2, -0.15) is 13.2 Å². The second-order valence-electron chi connectivity index (χ2n) is 5.41. The highest BCUT2D eigenvalue weighted by molar-refractivity contribution is 5.47. The van der Waals surface area contributed by atoms with Gasteiger partial charge in [0.25, 0.3) is 0 Å². The predicted octanol–water partition coefficient (Wildman–Crippen LogP) is 4.06. The van der Waals surface area contributed by atoms with Gasteiger partial charge in [0.2, 0.25) is 0 Å². The number of rotatable bonds is 5. The van der Waals surface area contributed by atoms with Gasteiger partial charge in [0.1, 0.15) is 5.82 Å². The average Bonchev–Trinajstić information content (AvgIpc) is 2.45. The molecule has 1 atom stereocenters. The van der Waals surface area contributed by atoms with Crippen molar-refractivity contribution >= 4 is 5.69 Å². The first-order valence-corrected chi connectivity index (χ1v) is 7.06. The summed E-state index contributed by atoms with van der Waals surface area (Å²) >= 11 is 0.